The summed E-state index contributed by atoms with van der Waals surface area (Å²) in [7, 11) is 1.30. The Morgan fingerprint density at radius 1 is 1.53 bits per heavy atom. The molecule has 0 aliphatic heterocycles. The van der Waals surface area contributed by atoms with Gasteiger partial charge in [0.25, 0.3) is 5.91 Å². The zero-order chi connectivity index (χ0) is 11.8. The minimum atomic E-state index is -1.20. The Morgan fingerprint density at radius 2 is 2.13 bits per heavy atom. The fourth-order valence-electron chi connectivity index (χ4n) is 0.961. The van der Waals surface area contributed by atoms with Crippen molar-refractivity contribution in [3.63, 3.8) is 0 Å². The van der Waals surface area contributed by atoms with Crippen molar-refractivity contribution in [2.24, 2.45) is 5.73 Å². The molecular formula is C8H16N2O5. The number of nitrogens with two attached hydrogens (primary N) is 1. The summed E-state index contributed by atoms with van der Waals surface area (Å²) in [6.07, 6.45) is -0.923. The molecule has 0 bridgehead atoms. The lowest BCUT2D eigenvalue weighted by atomic mass is 10.2. The van der Waals surface area contributed by atoms with Crippen LogP contribution in [0.3, 0.4) is 0 Å². The van der Waals surface area contributed by atoms with Gasteiger partial charge in [0.05, 0.1) is 0 Å². The van der Waals surface area contributed by atoms with Crippen LogP contribution in [0.1, 0.15) is 6.42 Å². The first-order valence-corrected chi connectivity index (χ1v) is 4.43. The number of rotatable bonds is 7. The lowest BCUT2D eigenvalue weighted by Crippen LogP contribution is -2.48. The van der Waals surface area contributed by atoms with Gasteiger partial charge in [0.2, 0.25) is 0 Å². The maximum absolute atomic E-state index is 11.3. The average molecular weight is 220 g/mol. The molecule has 0 fully saturated rings. The third-order valence-electron chi connectivity index (χ3n) is 1.82. The van der Waals surface area contributed by atoms with Gasteiger partial charge in [-0.2, -0.15) is 0 Å². The number of nitrogens with one attached hydrogen (secondary N) is 1. The minimum Gasteiger partial charge on any atom is -0.480 e. The molecule has 0 aliphatic carbocycles. The summed E-state index contributed by atoms with van der Waals surface area (Å²) in [6.45, 7) is -0.356. The number of carboxylic acid groups (broad SMARTS) is 1. The number of carbonyl (C=O) groups is 2. The van der Waals surface area contributed by atoms with Gasteiger partial charge in [-0.1, -0.05) is 0 Å². The van der Waals surface area contributed by atoms with Crippen LogP contribution in [0.2, 0.25) is 0 Å². The smallest absolute Gasteiger partial charge is 0.326 e. The monoisotopic (exact) mass is 220 g/mol. The molecule has 0 heterocycles. The first-order valence-electron chi connectivity index (χ1n) is 4.43. The molecule has 0 spiro atoms. The van der Waals surface area contributed by atoms with E-state index >= 15 is 0 Å². The molecule has 7 nitrogen and oxygen atoms in total. The van der Waals surface area contributed by atoms with E-state index in [4.69, 9.17) is 20.7 Å². The van der Waals surface area contributed by atoms with Gasteiger partial charge in [0, 0.05) is 26.7 Å². The van der Waals surface area contributed by atoms with Crippen molar-refractivity contribution >= 4 is 11.9 Å². The van der Waals surface area contributed by atoms with Crippen LogP contribution in [0, 0.1) is 0 Å². The van der Waals surface area contributed by atoms with Gasteiger partial charge in [0.15, 0.2) is 0 Å². The maximum atomic E-state index is 11.3. The summed E-state index contributed by atoms with van der Waals surface area (Å²) in [6, 6.07) is -1.12. The molecule has 1 unspecified atom stereocenters. The van der Waals surface area contributed by atoms with Crippen molar-refractivity contribution in [1.29, 1.82) is 0 Å². The second kappa shape index (κ2) is 7.16. The van der Waals surface area contributed by atoms with Crippen molar-refractivity contribution in [2.45, 2.75) is 18.6 Å². The quantitative estimate of drug-likeness (QED) is 0.390. The molecule has 0 rings (SSSR count). The van der Waals surface area contributed by atoms with Crippen molar-refractivity contribution in [2.75, 3.05) is 20.3 Å². The number of carbonyl (C=O) groups excluding carboxylic acids is 1. The SMILES string of the molecule is COC(CN)C(=O)N[C@H](CCO)C(=O)O. The van der Waals surface area contributed by atoms with Gasteiger partial charge in [-0.3, -0.25) is 4.79 Å². The summed E-state index contributed by atoms with van der Waals surface area (Å²) in [5, 5.41) is 19.5. The van der Waals surface area contributed by atoms with Gasteiger partial charge in [-0.25, -0.2) is 4.79 Å². The molecule has 0 saturated heterocycles. The van der Waals surface area contributed by atoms with E-state index < -0.39 is 24.0 Å². The highest BCUT2D eigenvalue weighted by Gasteiger charge is 2.23. The third-order valence-corrected chi connectivity index (χ3v) is 1.82. The standard InChI is InChI=1S/C8H16N2O5/c1-15-6(4-9)7(12)10-5(2-3-11)8(13)14/h5-6,11H,2-4,9H2,1H3,(H,10,12)(H,13,14)/t5-,6?/m1/s1. The van der Waals surface area contributed by atoms with E-state index in [0.29, 0.717) is 0 Å². The Morgan fingerprint density at radius 3 is 2.47 bits per heavy atom. The number of hydrogen-bond donors (Lipinski definition) is 4. The van der Waals surface area contributed by atoms with E-state index in [-0.39, 0.29) is 19.6 Å². The van der Waals surface area contributed by atoms with E-state index in [1.165, 1.54) is 7.11 Å². The highest BCUT2D eigenvalue weighted by Crippen LogP contribution is 1.94. The van der Waals surface area contributed by atoms with Crippen LogP contribution in [-0.4, -0.2) is 54.5 Å². The van der Waals surface area contributed by atoms with Gasteiger partial charge in [-0.15, -0.1) is 0 Å². The summed E-state index contributed by atoms with van der Waals surface area (Å²) in [5.74, 6) is -1.80. The summed E-state index contributed by atoms with van der Waals surface area (Å²) >= 11 is 0. The molecule has 0 aliphatic rings. The number of ether oxygens (including phenoxy) is 1. The Hall–Kier alpha value is -1.18. The number of methoxy groups -OCH3 is 1. The van der Waals surface area contributed by atoms with Crippen LogP contribution in [0.4, 0.5) is 0 Å². The topological polar surface area (TPSA) is 122 Å². The first-order chi connectivity index (χ1) is 7.06. The van der Waals surface area contributed by atoms with E-state index in [2.05, 4.69) is 5.32 Å². The van der Waals surface area contributed by atoms with Gasteiger partial charge < -0.3 is 26.0 Å². The fraction of sp³-hybridized carbons (Fsp3) is 0.750. The van der Waals surface area contributed by atoms with E-state index in [0.717, 1.165) is 0 Å². The summed E-state index contributed by atoms with van der Waals surface area (Å²) in [4.78, 5) is 22.0. The second-order valence-corrected chi connectivity index (χ2v) is 2.87. The van der Waals surface area contributed by atoms with Crippen LogP contribution >= 0.6 is 0 Å². The molecule has 7 heteroatoms. The van der Waals surface area contributed by atoms with Gasteiger partial charge in [0.1, 0.15) is 12.1 Å². The van der Waals surface area contributed by atoms with E-state index in [1.807, 2.05) is 0 Å². The zero-order valence-corrected chi connectivity index (χ0v) is 8.47. The zero-order valence-electron chi connectivity index (χ0n) is 8.47. The van der Waals surface area contributed by atoms with Crippen molar-refractivity contribution < 1.29 is 24.5 Å². The molecule has 0 aromatic carbocycles. The Labute approximate surface area is 87.2 Å². The normalized spacial score (nSPS) is 14.3. The van der Waals surface area contributed by atoms with Gasteiger partial charge in [-0.05, 0) is 0 Å². The number of aliphatic hydroxyl groups excluding tert-OH is 1. The number of amides is 1. The predicted molar refractivity (Wildman–Crippen MR) is 51.1 cm³/mol. The Kier molecular flexibility index (Phi) is 6.59. The number of aliphatic carboxylic acids is 1. The average Bonchev–Trinajstić information content (AvgIpc) is 2.18. The fourth-order valence-corrected chi connectivity index (χ4v) is 0.961. The molecule has 88 valence electrons. The molecule has 15 heavy (non-hydrogen) atoms. The summed E-state index contributed by atoms with van der Waals surface area (Å²) in [5.41, 5.74) is 5.23. The molecule has 5 N–H and O–H groups in total. The van der Waals surface area contributed by atoms with Crippen LogP contribution in [-0.2, 0) is 14.3 Å². The second-order valence-electron chi connectivity index (χ2n) is 2.87. The van der Waals surface area contributed by atoms with Crippen molar-refractivity contribution in [3.8, 4) is 0 Å². The highest BCUT2D eigenvalue weighted by molar-refractivity contribution is 5.86. The third kappa shape index (κ3) is 4.73. The number of hydrogen-bond acceptors (Lipinski definition) is 5. The predicted octanol–water partition coefficient (Wildman–Crippen LogP) is -2.09. The molecule has 0 radical (unpaired) electrons. The maximum Gasteiger partial charge on any atom is 0.326 e. The summed E-state index contributed by atoms with van der Waals surface area (Å²) < 4.78 is 4.73. The highest BCUT2D eigenvalue weighted by atomic mass is 16.5. The minimum absolute atomic E-state index is 0.0339. The van der Waals surface area contributed by atoms with Crippen LogP contribution in [0.15, 0.2) is 0 Å². The lowest BCUT2D eigenvalue weighted by Gasteiger charge is -2.17. The number of aliphatic hydroxyl groups is 1. The van der Waals surface area contributed by atoms with Crippen LogP contribution < -0.4 is 11.1 Å². The lowest BCUT2D eigenvalue weighted by molar-refractivity contribution is -0.144. The molecule has 0 aromatic heterocycles. The molecular weight excluding hydrogens is 204 g/mol. The van der Waals surface area contributed by atoms with Crippen LogP contribution in [0.25, 0.3) is 0 Å². The number of carboxylic acids is 1. The van der Waals surface area contributed by atoms with Crippen LogP contribution in [0.5, 0.6) is 0 Å². The van der Waals surface area contributed by atoms with E-state index in [1.54, 1.807) is 0 Å². The Bertz CT molecular complexity index is 217. The van der Waals surface area contributed by atoms with Crippen molar-refractivity contribution in [3.05, 3.63) is 0 Å². The van der Waals surface area contributed by atoms with Gasteiger partial charge >= 0.3 is 5.97 Å². The largest absolute Gasteiger partial charge is 0.480 e. The first kappa shape index (κ1) is 13.8. The molecule has 2 atom stereocenters. The Balaban J connectivity index is 4.27. The van der Waals surface area contributed by atoms with E-state index in [9.17, 15) is 9.59 Å². The molecule has 0 saturated carbocycles. The molecule has 1 amide bonds. The molecule has 0 aromatic rings. The van der Waals surface area contributed by atoms with Crippen molar-refractivity contribution in [1.82, 2.24) is 5.32 Å².